The van der Waals surface area contributed by atoms with Crippen molar-refractivity contribution in [3.63, 3.8) is 0 Å². The highest BCUT2D eigenvalue weighted by Crippen LogP contribution is 2.32. The molecule has 6 heteroatoms. The van der Waals surface area contributed by atoms with Crippen molar-refractivity contribution in [3.8, 4) is 0 Å². The molecule has 2 aromatic rings. The molecule has 2 rings (SSSR count). The van der Waals surface area contributed by atoms with Crippen molar-refractivity contribution in [2.24, 2.45) is 11.7 Å². The van der Waals surface area contributed by atoms with Gasteiger partial charge in [0.05, 0.1) is 0 Å². The molecule has 0 spiro atoms. The van der Waals surface area contributed by atoms with E-state index in [1.54, 1.807) is 0 Å². The van der Waals surface area contributed by atoms with Crippen LogP contribution in [0.25, 0.3) is 0 Å². The number of hydrogen-bond donors (Lipinski definition) is 1. The molecule has 1 aromatic carbocycles. The largest absolute Gasteiger partial charge is 0.367 e. The predicted molar refractivity (Wildman–Crippen MR) is 112 cm³/mol. The normalized spacial score (nSPS) is 13.6. The lowest BCUT2D eigenvalue weighted by atomic mass is 9.79. The third-order valence-electron chi connectivity index (χ3n) is 5.45. The van der Waals surface area contributed by atoms with Crippen molar-refractivity contribution in [2.75, 3.05) is 0 Å². The Hall–Kier alpha value is -2.24. The molecule has 0 saturated heterocycles. The molecule has 1 atom stereocenters. The van der Waals surface area contributed by atoms with E-state index >= 15 is 0 Å². The number of primary amides is 1. The van der Waals surface area contributed by atoms with Crippen LogP contribution in [-0.2, 0) is 16.8 Å². The lowest BCUT2D eigenvalue weighted by Gasteiger charge is -2.33. The maximum atomic E-state index is 12.6. The molecule has 0 aliphatic carbocycles. The zero-order valence-electron chi connectivity index (χ0n) is 17.6. The van der Waals surface area contributed by atoms with Crippen molar-refractivity contribution in [2.45, 2.75) is 84.1 Å². The van der Waals surface area contributed by atoms with Crippen LogP contribution in [0.3, 0.4) is 0 Å². The lowest BCUT2D eigenvalue weighted by Crippen LogP contribution is -2.52. The van der Waals surface area contributed by atoms with E-state index in [9.17, 15) is 4.79 Å². The van der Waals surface area contributed by atoms with Gasteiger partial charge in [-0.25, -0.2) is 0 Å². The van der Waals surface area contributed by atoms with E-state index in [2.05, 4.69) is 22.3 Å². The number of benzene rings is 1. The standard InChI is InChI=1S/C22H35N5O/c1-4-5-6-7-8-9-10-14-17-20-24-26-27(25-20)22(18(2)3,21(23)28)19-15-12-11-13-16-19/h11-13,15-16,18H,4-10,14,17H2,1-3H3,(H2,23,28). The summed E-state index contributed by atoms with van der Waals surface area (Å²) >= 11 is 0. The molecule has 2 N–H and O–H groups in total. The van der Waals surface area contributed by atoms with Crippen molar-refractivity contribution in [1.82, 2.24) is 20.2 Å². The Kier molecular flexibility index (Phi) is 8.61. The first-order chi connectivity index (χ1) is 13.5. The number of carbonyl (C=O) groups is 1. The minimum absolute atomic E-state index is 0.113. The third-order valence-corrected chi connectivity index (χ3v) is 5.45. The van der Waals surface area contributed by atoms with Crippen LogP contribution in [0, 0.1) is 5.92 Å². The van der Waals surface area contributed by atoms with Gasteiger partial charge in [0.1, 0.15) is 0 Å². The summed E-state index contributed by atoms with van der Waals surface area (Å²) in [6.07, 6.45) is 10.8. The van der Waals surface area contributed by atoms with E-state index in [0.717, 1.165) is 18.4 Å². The molecular weight excluding hydrogens is 350 g/mol. The Morgan fingerprint density at radius 2 is 1.64 bits per heavy atom. The van der Waals surface area contributed by atoms with Crippen LogP contribution >= 0.6 is 0 Å². The first-order valence-electron chi connectivity index (χ1n) is 10.7. The van der Waals surface area contributed by atoms with Crippen LogP contribution in [0.1, 0.15) is 83.5 Å². The highest BCUT2D eigenvalue weighted by Gasteiger charge is 2.46. The molecule has 28 heavy (non-hydrogen) atoms. The minimum Gasteiger partial charge on any atom is -0.367 e. The van der Waals surface area contributed by atoms with Crippen LogP contribution in [-0.4, -0.2) is 26.1 Å². The first-order valence-corrected chi connectivity index (χ1v) is 10.7. The Bertz CT molecular complexity index is 713. The van der Waals surface area contributed by atoms with Crippen molar-refractivity contribution >= 4 is 5.91 Å². The van der Waals surface area contributed by atoms with Gasteiger partial charge >= 0.3 is 0 Å². The van der Waals surface area contributed by atoms with Crippen molar-refractivity contribution < 1.29 is 4.79 Å². The molecule has 0 saturated carbocycles. The summed E-state index contributed by atoms with van der Waals surface area (Å²) in [7, 11) is 0. The molecule has 0 bridgehead atoms. The summed E-state index contributed by atoms with van der Waals surface area (Å²) in [6.45, 7) is 6.16. The third kappa shape index (κ3) is 5.18. The smallest absolute Gasteiger partial charge is 0.252 e. The molecule has 0 aliphatic heterocycles. The Morgan fingerprint density at radius 3 is 2.21 bits per heavy atom. The van der Waals surface area contributed by atoms with Gasteiger partial charge in [0.15, 0.2) is 11.4 Å². The number of nitrogens with zero attached hydrogens (tertiary/aromatic N) is 4. The number of amides is 1. The summed E-state index contributed by atoms with van der Waals surface area (Å²) in [5.41, 5.74) is 5.52. The fraction of sp³-hybridized carbons (Fsp3) is 0.636. The molecule has 154 valence electrons. The number of nitrogens with two attached hydrogens (primary N) is 1. The van der Waals surface area contributed by atoms with Crippen LogP contribution < -0.4 is 5.73 Å². The van der Waals surface area contributed by atoms with E-state index in [1.165, 1.54) is 49.7 Å². The quantitative estimate of drug-likeness (QED) is 0.522. The van der Waals surface area contributed by atoms with Crippen LogP contribution in [0.5, 0.6) is 0 Å². The highest BCUT2D eigenvalue weighted by atomic mass is 16.2. The summed E-state index contributed by atoms with van der Waals surface area (Å²) in [4.78, 5) is 14.0. The predicted octanol–water partition coefficient (Wildman–Crippen LogP) is 4.24. The van der Waals surface area contributed by atoms with E-state index in [1.807, 2.05) is 44.2 Å². The van der Waals surface area contributed by atoms with Crippen molar-refractivity contribution in [1.29, 1.82) is 0 Å². The number of aryl methyl sites for hydroxylation is 1. The molecule has 1 amide bonds. The van der Waals surface area contributed by atoms with Gasteiger partial charge in [0.25, 0.3) is 5.91 Å². The number of carbonyl (C=O) groups excluding carboxylic acids is 1. The van der Waals surface area contributed by atoms with Gasteiger partial charge in [-0.3, -0.25) is 4.79 Å². The number of hydrogen-bond acceptors (Lipinski definition) is 4. The fourth-order valence-electron chi connectivity index (χ4n) is 3.81. The lowest BCUT2D eigenvalue weighted by molar-refractivity contribution is -0.127. The average Bonchev–Trinajstić information content (AvgIpc) is 3.13. The molecule has 0 fully saturated rings. The van der Waals surface area contributed by atoms with E-state index in [-0.39, 0.29) is 5.92 Å². The van der Waals surface area contributed by atoms with Crippen LogP contribution in [0.4, 0.5) is 0 Å². The highest BCUT2D eigenvalue weighted by molar-refractivity contribution is 5.86. The van der Waals surface area contributed by atoms with Gasteiger partial charge in [-0.1, -0.05) is 96.0 Å². The Labute approximate surface area is 168 Å². The monoisotopic (exact) mass is 385 g/mol. The van der Waals surface area contributed by atoms with Gasteiger partial charge in [0, 0.05) is 6.42 Å². The Balaban J connectivity index is 2.02. The van der Waals surface area contributed by atoms with Crippen LogP contribution in [0.15, 0.2) is 30.3 Å². The number of unbranched alkanes of at least 4 members (excludes halogenated alkanes) is 7. The van der Waals surface area contributed by atoms with Gasteiger partial charge < -0.3 is 5.73 Å². The summed E-state index contributed by atoms with van der Waals surface area (Å²) in [5, 5.41) is 13.0. The fourth-order valence-corrected chi connectivity index (χ4v) is 3.81. The number of tetrazole rings is 1. The van der Waals surface area contributed by atoms with Crippen LogP contribution in [0.2, 0.25) is 0 Å². The summed E-state index contributed by atoms with van der Waals surface area (Å²) in [5.74, 6) is 0.0930. The molecule has 1 heterocycles. The van der Waals surface area contributed by atoms with Gasteiger partial charge in [-0.05, 0) is 23.1 Å². The van der Waals surface area contributed by atoms with Gasteiger partial charge in [-0.15, -0.1) is 15.0 Å². The molecule has 0 aliphatic rings. The van der Waals surface area contributed by atoms with E-state index in [4.69, 9.17) is 5.73 Å². The average molecular weight is 386 g/mol. The topological polar surface area (TPSA) is 86.7 Å². The second-order valence-electron chi connectivity index (χ2n) is 7.87. The van der Waals surface area contributed by atoms with E-state index < -0.39 is 11.4 Å². The number of rotatable bonds is 13. The summed E-state index contributed by atoms with van der Waals surface area (Å²) < 4.78 is 0. The molecule has 1 unspecified atom stereocenters. The zero-order chi connectivity index (χ0) is 20.4. The minimum atomic E-state index is -1.13. The zero-order valence-corrected chi connectivity index (χ0v) is 17.6. The Morgan fingerprint density at radius 1 is 1.04 bits per heavy atom. The summed E-state index contributed by atoms with van der Waals surface area (Å²) in [6, 6.07) is 9.50. The second kappa shape index (κ2) is 10.9. The number of aromatic nitrogens is 4. The second-order valence-corrected chi connectivity index (χ2v) is 7.87. The first kappa shape index (κ1) is 22.1. The van der Waals surface area contributed by atoms with Gasteiger partial charge in [0.2, 0.25) is 0 Å². The maximum Gasteiger partial charge on any atom is 0.252 e. The molecule has 6 nitrogen and oxygen atoms in total. The molecule has 1 aromatic heterocycles. The SMILES string of the molecule is CCCCCCCCCCc1nnn(C(C(N)=O)(c2ccccc2)C(C)C)n1. The molecular formula is C22H35N5O. The molecule has 0 radical (unpaired) electrons. The van der Waals surface area contributed by atoms with E-state index in [0.29, 0.717) is 5.82 Å². The van der Waals surface area contributed by atoms with Gasteiger partial charge in [-0.2, -0.15) is 0 Å². The maximum absolute atomic E-state index is 12.6. The van der Waals surface area contributed by atoms with Crippen molar-refractivity contribution in [3.05, 3.63) is 41.7 Å².